The van der Waals surface area contributed by atoms with Crippen molar-refractivity contribution < 1.29 is 9.59 Å². The number of benzene rings is 2. The zero-order valence-corrected chi connectivity index (χ0v) is 14.3. The van der Waals surface area contributed by atoms with Gasteiger partial charge in [0.05, 0.1) is 0 Å². The molecule has 24 heavy (non-hydrogen) atoms. The highest BCUT2D eigenvalue weighted by Gasteiger charge is 2.36. The third-order valence-electron chi connectivity index (χ3n) is 4.02. The van der Waals surface area contributed by atoms with E-state index in [9.17, 15) is 9.59 Å². The Morgan fingerprint density at radius 1 is 1.17 bits per heavy atom. The summed E-state index contributed by atoms with van der Waals surface area (Å²) in [5.41, 5.74) is 1.52. The van der Waals surface area contributed by atoms with Crippen LogP contribution in [0.3, 0.4) is 0 Å². The Morgan fingerprint density at radius 3 is 2.62 bits per heavy atom. The van der Waals surface area contributed by atoms with Crippen molar-refractivity contribution >= 4 is 40.7 Å². The van der Waals surface area contributed by atoms with Gasteiger partial charge in [0.1, 0.15) is 6.04 Å². The molecule has 1 unspecified atom stereocenters. The van der Waals surface area contributed by atoms with Gasteiger partial charge in [-0.15, -0.1) is 0 Å². The number of halogens is 2. The molecule has 2 aromatic carbocycles. The zero-order chi connectivity index (χ0) is 17.1. The Labute approximate surface area is 150 Å². The standard InChI is InChI=1S/C18H16Cl2N2O2/c19-13-7-6-12(15(20)10-13)11-21-18(24)16-8-9-17(23)22(16)14-4-2-1-3-5-14/h1-7,10,16H,8-9,11H2,(H,21,24). The average Bonchev–Trinajstić information content (AvgIpc) is 2.96. The molecule has 0 aromatic heterocycles. The average molecular weight is 363 g/mol. The molecule has 4 nitrogen and oxygen atoms in total. The number of hydrogen-bond acceptors (Lipinski definition) is 2. The van der Waals surface area contributed by atoms with Crippen LogP contribution in [0.1, 0.15) is 18.4 Å². The van der Waals surface area contributed by atoms with Crippen LogP contribution in [0.4, 0.5) is 5.69 Å². The van der Waals surface area contributed by atoms with Gasteiger partial charge in [0, 0.05) is 28.7 Å². The topological polar surface area (TPSA) is 49.4 Å². The number of nitrogens with one attached hydrogen (secondary N) is 1. The number of para-hydroxylation sites is 1. The van der Waals surface area contributed by atoms with Crippen molar-refractivity contribution in [1.29, 1.82) is 0 Å². The Kier molecular flexibility index (Phi) is 5.07. The minimum absolute atomic E-state index is 0.0362. The van der Waals surface area contributed by atoms with Crippen LogP contribution < -0.4 is 10.2 Å². The van der Waals surface area contributed by atoms with E-state index in [1.54, 1.807) is 23.1 Å². The van der Waals surface area contributed by atoms with Gasteiger partial charge in [0.2, 0.25) is 11.8 Å². The molecule has 1 heterocycles. The second kappa shape index (κ2) is 7.24. The van der Waals surface area contributed by atoms with Gasteiger partial charge in [0.15, 0.2) is 0 Å². The van der Waals surface area contributed by atoms with Crippen LogP contribution in [-0.4, -0.2) is 17.9 Å². The number of rotatable bonds is 4. The normalized spacial score (nSPS) is 17.2. The Morgan fingerprint density at radius 2 is 1.92 bits per heavy atom. The van der Waals surface area contributed by atoms with Gasteiger partial charge in [-0.05, 0) is 36.2 Å². The van der Waals surface area contributed by atoms with Crippen molar-refractivity contribution in [3.05, 3.63) is 64.1 Å². The van der Waals surface area contributed by atoms with Gasteiger partial charge in [-0.3, -0.25) is 14.5 Å². The van der Waals surface area contributed by atoms with Crippen molar-refractivity contribution in [3.63, 3.8) is 0 Å². The van der Waals surface area contributed by atoms with Crippen LogP contribution in [0.2, 0.25) is 10.0 Å². The molecular formula is C18H16Cl2N2O2. The molecular weight excluding hydrogens is 347 g/mol. The predicted molar refractivity (Wildman–Crippen MR) is 95.3 cm³/mol. The van der Waals surface area contributed by atoms with Crippen molar-refractivity contribution in [2.45, 2.75) is 25.4 Å². The van der Waals surface area contributed by atoms with Gasteiger partial charge < -0.3 is 5.32 Å². The van der Waals surface area contributed by atoms with Crippen LogP contribution in [0.5, 0.6) is 0 Å². The van der Waals surface area contributed by atoms with Gasteiger partial charge in [-0.25, -0.2) is 0 Å². The summed E-state index contributed by atoms with van der Waals surface area (Å²) in [6.45, 7) is 0.294. The van der Waals surface area contributed by atoms with E-state index in [-0.39, 0.29) is 11.8 Å². The highest BCUT2D eigenvalue weighted by Crippen LogP contribution is 2.27. The van der Waals surface area contributed by atoms with Gasteiger partial charge in [0.25, 0.3) is 0 Å². The predicted octanol–water partition coefficient (Wildman–Crippen LogP) is 3.81. The summed E-state index contributed by atoms with van der Waals surface area (Å²) in [6.07, 6.45) is 0.878. The SMILES string of the molecule is O=C(NCc1ccc(Cl)cc1Cl)C1CCC(=O)N1c1ccccc1. The van der Waals surface area contributed by atoms with Crippen LogP contribution in [0, 0.1) is 0 Å². The molecule has 0 saturated carbocycles. The fourth-order valence-corrected chi connectivity index (χ4v) is 3.28. The second-order valence-corrected chi connectivity index (χ2v) is 6.45. The first-order chi connectivity index (χ1) is 11.6. The molecule has 1 fully saturated rings. The van der Waals surface area contributed by atoms with Crippen LogP contribution in [-0.2, 0) is 16.1 Å². The lowest BCUT2D eigenvalue weighted by molar-refractivity contribution is -0.124. The molecule has 124 valence electrons. The number of carbonyl (C=O) groups excluding carboxylic acids is 2. The number of hydrogen-bond donors (Lipinski definition) is 1. The molecule has 3 rings (SSSR count). The minimum atomic E-state index is -0.494. The van der Waals surface area contributed by atoms with Crippen molar-refractivity contribution in [3.8, 4) is 0 Å². The maximum atomic E-state index is 12.6. The first-order valence-electron chi connectivity index (χ1n) is 7.65. The quantitative estimate of drug-likeness (QED) is 0.898. The number of carbonyl (C=O) groups is 2. The lowest BCUT2D eigenvalue weighted by Gasteiger charge is -2.24. The highest BCUT2D eigenvalue weighted by atomic mass is 35.5. The van der Waals surface area contributed by atoms with Crippen molar-refractivity contribution in [1.82, 2.24) is 5.32 Å². The van der Waals surface area contributed by atoms with Gasteiger partial charge >= 0.3 is 0 Å². The summed E-state index contributed by atoms with van der Waals surface area (Å²) in [7, 11) is 0. The number of anilines is 1. The maximum Gasteiger partial charge on any atom is 0.243 e. The van der Waals surface area contributed by atoms with E-state index in [2.05, 4.69) is 5.32 Å². The monoisotopic (exact) mass is 362 g/mol. The van der Waals surface area contributed by atoms with Crippen LogP contribution in [0.25, 0.3) is 0 Å². The lowest BCUT2D eigenvalue weighted by atomic mass is 10.1. The minimum Gasteiger partial charge on any atom is -0.350 e. The van der Waals surface area contributed by atoms with Gasteiger partial charge in [-0.2, -0.15) is 0 Å². The molecule has 1 N–H and O–H groups in total. The first-order valence-corrected chi connectivity index (χ1v) is 8.40. The maximum absolute atomic E-state index is 12.6. The second-order valence-electron chi connectivity index (χ2n) is 5.61. The van der Waals surface area contributed by atoms with Crippen molar-refractivity contribution in [2.24, 2.45) is 0 Å². The zero-order valence-electron chi connectivity index (χ0n) is 12.8. The summed E-state index contributed by atoms with van der Waals surface area (Å²) < 4.78 is 0. The van der Waals surface area contributed by atoms with Gasteiger partial charge in [-0.1, -0.05) is 47.5 Å². The summed E-state index contributed by atoms with van der Waals surface area (Å²) in [5.74, 6) is -0.221. The molecule has 0 radical (unpaired) electrons. The Hall–Kier alpha value is -2.04. The van der Waals surface area contributed by atoms with E-state index < -0.39 is 6.04 Å². The van der Waals surface area contributed by atoms with Crippen molar-refractivity contribution in [2.75, 3.05) is 4.90 Å². The molecule has 1 atom stereocenters. The Balaban J connectivity index is 1.71. The molecule has 0 aliphatic carbocycles. The summed E-state index contributed by atoms with van der Waals surface area (Å²) in [4.78, 5) is 26.3. The number of nitrogens with zero attached hydrogens (tertiary/aromatic N) is 1. The smallest absolute Gasteiger partial charge is 0.243 e. The molecule has 0 bridgehead atoms. The molecule has 2 amide bonds. The Bertz CT molecular complexity index is 765. The molecule has 1 saturated heterocycles. The summed E-state index contributed by atoms with van der Waals surface area (Å²) >= 11 is 12.0. The van der Waals surface area contributed by atoms with E-state index in [1.165, 1.54) is 0 Å². The summed E-state index contributed by atoms with van der Waals surface area (Å²) in [5, 5.41) is 3.91. The third kappa shape index (κ3) is 3.55. The largest absolute Gasteiger partial charge is 0.350 e. The molecule has 1 aliphatic heterocycles. The summed E-state index contributed by atoms with van der Waals surface area (Å²) in [6, 6.07) is 13.9. The van der Waals surface area contributed by atoms with E-state index in [0.29, 0.717) is 29.4 Å². The van der Waals surface area contributed by atoms with E-state index in [0.717, 1.165) is 11.3 Å². The lowest BCUT2D eigenvalue weighted by Crippen LogP contribution is -2.44. The fraction of sp³-hybridized carbons (Fsp3) is 0.222. The van der Waals surface area contributed by atoms with Crippen LogP contribution in [0.15, 0.2) is 48.5 Å². The molecule has 2 aromatic rings. The van der Waals surface area contributed by atoms with Crippen LogP contribution >= 0.6 is 23.2 Å². The van der Waals surface area contributed by atoms with E-state index >= 15 is 0 Å². The third-order valence-corrected chi connectivity index (χ3v) is 4.60. The first kappa shape index (κ1) is 16.8. The molecule has 6 heteroatoms. The van der Waals surface area contributed by atoms with E-state index in [4.69, 9.17) is 23.2 Å². The number of amides is 2. The molecule has 0 spiro atoms. The molecule has 1 aliphatic rings. The van der Waals surface area contributed by atoms with E-state index in [1.807, 2.05) is 30.3 Å². The fourth-order valence-electron chi connectivity index (χ4n) is 2.81. The highest BCUT2D eigenvalue weighted by molar-refractivity contribution is 6.35.